The molecule has 0 saturated carbocycles. The van der Waals surface area contributed by atoms with Crippen LogP contribution in [0.3, 0.4) is 0 Å². The van der Waals surface area contributed by atoms with Gasteiger partial charge in [-0.05, 0) is 38.0 Å². The second-order valence-corrected chi connectivity index (χ2v) is 4.91. The molecule has 1 aromatic carbocycles. The molecule has 0 aliphatic carbocycles. The van der Waals surface area contributed by atoms with Gasteiger partial charge in [0.15, 0.2) is 0 Å². The molecule has 0 heterocycles. The summed E-state index contributed by atoms with van der Waals surface area (Å²) in [5.74, 6) is 0. The smallest absolute Gasteiger partial charge is 0.0526 e. The van der Waals surface area contributed by atoms with Crippen LogP contribution >= 0.6 is 15.9 Å². The summed E-state index contributed by atoms with van der Waals surface area (Å²) in [6.45, 7) is 4.75. The Morgan fingerprint density at radius 2 is 2.13 bits per heavy atom. The van der Waals surface area contributed by atoms with E-state index in [1.54, 1.807) is 0 Å². The monoisotopic (exact) mass is 271 g/mol. The first kappa shape index (κ1) is 12.7. The second-order valence-electron chi connectivity index (χ2n) is 4.00. The average Bonchev–Trinajstić information content (AvgIpc) is 2.14. The molecule has 1 aromatic rings. The third kappa shape index (κ3) is 5.30. The average molecular weight is 272 g/mol. The number of benzene rings is 1. The molecule has 2 unspecified atom stereocenters. The number of aliphatic hydroxyl groups excluding tert-OH is 1. The van der Waals surface area contributed by atoms with Crippen molar-refractivity contribution < 1.29 is 5.11 Å². The largest absolute Gasteiger partial charge is 0.393 e. The number of hydrogen-bond acceptors (Lipinski definition) is 2. The van der Waals surface area contributed by atoms with Gasteiger partial charge in [-0.1, -0.05) is 28.1 Å². The number of rotatable bonds is 5. The zero-order chi connectivity index (χ0) is 11.3. The SMILES string of the molecule is CC(O)CC(C)NCc1cccc(Br)c1. The van der Waals surface area contributed by atoms with E-state index < -0.39 is 0 Å². The Balaban J connectivity index is 2.36. The van der Waals surface area contributed by atoms with Crippen LogP contribution in [0, 0.1) is 0 Å². The topological polar surface area (TPSA) is 32.3 Å². The minimum atomic E-state index is -0.241. The highest BCUT2D eigenvalue weighted by Gasteiger charge is 2.05. The minimum Gasteiger partial charge on any atom is -0.393 e. The van der Waals surface area contributed by atoms with E-state index >= 15 is 0 Å². The van der Waals surface area contributed by atoms with E-state index in [-0.39, 0.29) is 6.10 Å². The van der Waals surface area contributed by atoms with Gasteiger partial charge in [0.2, 0.25) is 0 Å². The Morgan fingerprint density at radius 1 is 1.40 bits per heavy atom. The highest BCUT2D eigenvalue weighted by Crippen LogP contribution is 2.11. The predicted octanol–water partition coefficient (Wildman–Crippen LogP) is 2.70. The van der Waals surface area contributed by atoms with Crippen molar-refractivity contribution >= 4 is 15.9 Å². The van der Waals surface area contributed by atoms with Crippen LogP contribution in [0.25, 0.3) is 0 Å². The molecular weight excluding hydrogens is 254 g/mol. The van der Waals surface area contributed by atoms with Crippen molar-refractivity contribution in [1.29, 1.82) is 0 Å². The molecule has 2 atom stereocenters. The Bertz CT molecular complexity index is 301. The van der Waals surface area contributed by atoms with Crippen LogP contribution in [0.4, 0.5) is 0 Å². The molecule has 3 heteroatoms. The number of nitrogens with one attached hydrogen (secondary N) is 1. The summed E-state index contributed by atoms with van der Waals surface area (Å²) in [6, 6.07) is 8.57. The number of halogens is 1. The lowest BCUT2D eigenvalue weighted by Gasteiger charge is -2.15. The van der Waals surface area contributed by atoms with Crippen molar-refractivity contribution in [2.24, 2.45) is 0 Å². The van der Waals surface area contributed by atoms with Gasteiger partial charge in [-0.25, -0.2) is 0 Å². The number of hydrogen-bond donors (Lipinski definition) is 2. The van der Waals surface area contributed by atoms with Gasteiger partial charge in [0, 0.05) is 17.1 Å². The third-order valence-corrected chi connectivity index (χ3v) is 2.73. The van der Waals surface area contributed by atoms with Gasteiger partial charge in [-0.2, -0.15) is 0 Å². The predicted molar refractivity (Wildman–Crippen MR) is 66.7 cm³/mol. The van der Waals surface area contributed by atoms with Crippen molar-refractivity contribution in [2.75, 3.05) is 0 Å². The zero-order valence-corrected chi connectivity index (χ0v) is 10.8. The second kappa shape index (κ2) is 6.26. The third-order valence-electron chi connectivity index (χ3n) is 2.24. The van der Waals surface area contributed by atoms with Crippen LogP contribution in [0.2, 0.25) is 0 Å². The summed E-state index contributed by atoms with van der Waals surface area (Å²) in [4.78, 5) is 0. The van der Waals surface area contributed by atoms with E-state index in [1.807, 2.05) is 19.1 Å². The van der Waals surface area contributed by atoms with Gasteiger partial charge in [0.25, 0.3) is 0 Å². The fourth-order valence-corrected chi connectivity index (χ4v) is 1.98. The lowest BCUT2D eigenvalue weighted by molar-refractivity contribution is 0.170. The zero-order valence-electron chi connectivity index (χ0n) is 9.20. The first-order valence-electron chi connectivity index (χ1n) is 5.24. The van der Waals surface area contributed by atoms with Crippen LogP contribution in [0.1, 0.15) is 25.8 Å². The van der Waals surface area contributed by atoms with E-state index in [0.717, 1.165) is 17.4 Å². The van der Waals surface area contributed by atoms with Gasteiger partial charge in [-0.3, -0.25) is 0 Å². The summed E-state index contributed by atoms with van der Waals surface area (Å²) in [5, 5.41) is 12.6. The quantitative estimate of drug-likeness (QED) is 0.863. The molecular formula is C12H18BrNO. The molecule has 2 nitrogen and oxygen atoms in total. The van der Waals surface area contributed by atoms with Gasteiger partial charge in [0.05, 0.1) is 6.10 Å². The molecule has 2 N–H and O–H groups in total. The molecule has 1 rings (SSSR count). The molecule has 0 radical (unpaired) electrons. The lowest BCUT2D eigenvalue weighted by Crippen LogP contribution is -2.28. The van der Waals surface area contributed by atoms with Crippen LogP contribution in [0.15, 0.2) is 28.7 Å². The van der Waals surface area contributed by atoms with Gasteiger partial charge < -0.3 is 10.4 Å². The summed E-state index contributed by atoms with van der Waals surface area (Å²) in [6.07, 6.45) is 0.545. The van der Waals surface area contributed by atoms with E-state index in [2.05, 4.69) is 40.3 Å². The van der Waals surface area contributed by atoms with Gasteiger partial charge >= 0.3 is 0 Å². The summed E-state index contributed by atoms with van der Waals surface area (Å²) < 4.78 is 1.10. The Kier molecular flexibility index (Phi) is 5.29. The summed E-state index contributed by atoms with van der Waals surface area (Å²) in [7, 11) is 0. The van der Waals surface area contributed by atoms with Crippen LogP contribution < -0.4 is 5.32 Å². The van der Waals surface area contributed by atoms with E-state index in [1.165, 1.54) is 5.56 Å². The maximum atomic E-state index is 9.22. The van der Waals surface area contributed by atoms with Gasteiger partial charge in [0.1, 0.15) is 0 Å². The Morgan fingerprint density at radius 3 is 2.73 bits per heavy atom. The van der Waals surface area contributed by atoms with Crippen molar-refractivity contribution in [3.05, 3.63) is 34.3 Å². The van der Waals surface area contributed by atoms with Crippen molar-refractivity contribution in [1.82, 2.24) is 5.32 Å². The molecule has 15 heavy (non-hydrogen) atoms. The fourth-order valence-electron chi connectivity index (χ4n) is 1.53. The molecule has 0 bridgehead atoms. The Hall–Kier alpha value is -0.380. The van der Waals surface area contributed by atoms with Crippen molar-refractivity contribution in [3.63, 3.8) is 0 Å². The molecule has 0 aliphatic heterocycles. The molecule has 0 fully saturated rings. The fraction of sp³-hybridized carbons (Fsp3) is 0.500. The molecule has 0 saturated heterocycles. The lowest BCUT2D eigenvalue weighted by atomic mass is 10.1. The standard InChI is InChI=1S/C12H18BrNO/c1-9(6-10(2)15)14-8-11-4-3-5-12(13)7-11/h3-5,7,9-10,14-15H,6,8H2,1-2H3. The normalized spacial score (nSPS) is 14.9. The van der Waals surface area contributed by atoms with E-state index in [0.29, 0.717) is 6.04 Å². The molecule has 0 amide bonds. The first-order valence-corrected chi connectivity index (χ1v) is 6.03. The van der Waals surface area contributed by atoms with Crippen LogP contribution in [-0.2, 0) is 6.54 Å². The summed E-state index contributed by atoms with van der Waals surface area (Å²) in [5.41, 5.74) is 1.25. The maximum absolute atomic E-state index is 9.22. The van der Waals surface area contributed by atoms with E-state index in [9.17, 15) is 5.11 Å². The van der Waals surface area contributed by atoms with Crippen molar-refractivity contribution in [2.45, 2.75) is 39.0 Å². The van der Waals surface area contributed by atoms with Crippen LogP contribution in [-0.4, -0.2) is 17.3 Å². The highest BCUT2D eigenvalue weighted by molar-refractivity contribution is 9.10. The highest BCUT2D eigenvalue weighted by atomic mass is 79.9. The minimum absolute atomic E-state index is 0.241. The van der Waals surface area contributed by atoms with Crippen LogP contribution in [0.5, 0.6) is 0 Å². The molecule has 0 spiro atoms. The summed E-state index contributed by atoms with van der Waals surface area (Å²) >= 11 is 3.44. The first-order chi connectivity index (χ1) is 7.08. The molecule has 0 aromatic heterocycles. The van der Waals surface area contributed by atoms with Crippen molar-refractivity contribution in [3.8, 4) is 0 Å². The maximum Gasteiger partial charge on any atom is 0.0526 e. The number of aliphatic hydroxyl groups is 1. The molecule has 84 valence electrons. The Labute approximate surface area is 99.8 Å². The molecule has 0 aliphatic rings. The van der Waals surface area contributed by atoms with Gasteiger partial charge in [-0.15, -0.1) is 0 Å². The van der Waals surface area contributed by atoms with E-state index in [4.69, 9.17) is 0 Å².